The number of esters is 2. The fourth-order valence-electron chi connectivity index (χ4n) is 8.36. The van der Waals surface area contributed by atoms with Gasteiger partial charge in [-0.25, -0.2) is 9.59 Å². The molecule has 8 unspecified atom stereocenters. The summed E-state index contributed by atoms with van der Waals surface area (Å²) in [5, 5.41) is 144. The maximum Gasteiger partial charge on any atom is 0.335 e. The van der Waals surface area contributed by atoms with Crippen LogP contribution in [0.15, 0.2) is 0 Å². The Morgan fingerprint density at radius 2 is 1.13 bits per heavy atom. The number of rotatable bonds is 15. The minimum Gasteiger partial charge on any atom is -0.481 e. The second kappa shape index (κ2) is 20.6. The van der Waals surface area contributed by atoms with Crippen molar-refractivity contribution in [1.82, 2.24) is 0 Å². The van der Waals surface area contributed by atoms with Crippen LogP contribution in [0.2, 0.25) is 0 Å². The van der Waals surface area contributed by atoms with Crippen molar-refractivity contribution in [2.45, 2.75) is 167 Å². The number of carbonyl (C=O) groups excluding carboxylic acids is 2. The first-order valence-electron chi connectivity index (χ1n) is 19.4. The van der Waals surface area contributed by atoms with Crippen molar-refractivity contribution in [2.24, 2.45) is 11.8 Å². The van der Waals surface area contributed by atoms with Crippen molar-refractivity contribution >= 4 is 23.9 Å². The number of hydrogen-bond donors (Lipinski definition) is 14. The van der Waals surface area contributed by atoms with Gasteiger partial charge in [-0.2, -0.15) is 0 Å². The standard InChI is InChI=1S/C35H54O25/c36-11-3-17-12(18(4-11)57-34-29(49)28(48)26(46)21(60-34)9-55-33(53)16(40)6-22(41)42)5-19(31(56-17)10-1-13(37)24(44)14(38)2-10)58-35-30(50)27(47)25(45)20(59-35)8-54-23(43)7-15(39)32(51)52/h10-21,24-31,34-40,44-50H,1-9H2,(H,41,42)(H,51,52)/p+1/t10?,11?,12?,13?,14?,15-,16+,17?,18?,19?,20-,21+,24?,25-,26+,27+,28-,29+,30-,31?,34+,35-/m0/s1. The normalized spacial score (nSPS) is 44.5. The van der Waals surface area contributed by atoms with Crippen LogP contribution in [-0.4, -0.2) is 236 Å². The lowest BCUT2D eigenvalue weighted by Crippen LogP contribution is -2.64. The lowest BCUT2D eigenvalue weighted by Gasteiger charge is -2.50. The van der Waals surface area contributed by atoms with E-state index in [1.54, 1.807) is 0 Å². The first-order chi connectivity index (χ1) is 28.2. The van der Waals surface area contributed by atoms with E-state index in [4.69, 9.17) is 43.4 Å². The molecule has 5 aliphatic rings. The number of aliphatic hydroxyl groups is 14. The largest absolute Gasteiger partial charge is 0.481 e. The third kappa shape index (κ3) is 11.4. The van der Waals surface area contributed by atoms with Crippen LogP contribution >= 0.6 is 0 Å². The highest BCUT2D eigenvalue weighted by Gasteiger charge is 2.57. The second-order valence-corrected chi connectivity index (χ2v) is 16.0. The Bertz CT molecular complexity index is 1460. The summed E-state index contributed by atoms with van der Waals surface area (Å²) in [4.78, 5) is 46.0. The molecule has 15 N–H and O–H groups in total. The van der Waals surface area contributed by atoms with Crippen LogP contribution in [0.4, 0.5) is 0 Å². The minimum atomic E-state index is -2.09. The molecule has 0 aromatic heterocycles. The molecule has 3 aliphatic heterocycles. The summed E-state index contributed by atoms with van der Waals surface area (Å²) >= 11 is 0. The fraction of sp³-hybridized carbons (Fsp3) is 0.886. The molecule has 344 valence electrons. The van der Waals surface area contributed by atoms with Gasteiger partial charge in [0.2, 0.25) is 0 Å². The first-order valence-corrected chi connectivity index (χ1v) is 19.4. The zero-order chi connectivity index (χ0) is 44.3. The second-order valence-electron chi connectivity index (χ2n) is 16.0. The zero-order valence-electron chi connectivity index (χ0n) is 31.9. The number of aliphatic hydroxyl groups excluding tert-OH is 12. The zero-order valence-corrected chi connectivity index (χ0v) is 31.9. The fourth-order valence-corrected chi connectivity index (χ4v) is 8.36. The average molecular weight is 876 g/mol. The van der Waals surface area contributed by atoms with Gasteiger partial charge in [0, 0.05) is 18.8 Å². The van der Waals surface area contributed by atoms with E-state index in [0.717, 1.165) is 0 Å². The Labute approximate surface area is 340 Å². The Morgan fingerprint density at radius 1 is 0.600 bits per heavy atom. The van der Waals surface area contributed by atoms with E-state index >= 15 is 0 Å². The molecule has 0 amide bonds. The lowest BCUT2D eigenvalue weighted by molar-refractivity contribution is -0.368. The molecule has 2 aliphatic carbocycles. The maximum absolute atomic E-state index is 12.1. The summed E-state index contributed by atoms with van der Waals surface area (Å²) < 4.78 is 38.5. The van der Waals surface area contributed by atoms with E-state index in [2.05, 4.69) is 0 Å². The van der Waals surface area contributed by atoms with Crippen molar-refractivity contribution in [3.8, 4) is 0 Å². The topological polar surface area (TPSA) is 420 Å². The molecule has 60 heavy (non-hydrogen) atoms. The van der Waals surface area contributed by atoms with Gasteiger partial charge in [0.15, 0.2) is 37.0 Å². The van der Waals surface area contributed by atoms with Gasteiger partial charge < -0.3 is 105 Å². The minimum absolute atomic E-state index is 0.0539. The number of fused-ring (bicyclic) bond motifs is 1. The number of carboxylic acid groups (broad SMARTS) is 2. The quantitative estimate of drug-likeness (QED) is 0.0537. The molecule has 5 rings (SSSR count). The van der Waals surface area contributed by atoms with Crippen LogP contribution in [0.5, 0.6) is 0 Å². The van der Waals surface area contributed by atoms with Crippen molar-refractivity contribution in [3.05, 3.63) is 0 Å². The summed E-state index contributed by atoms with van der Waals surface area (Å²) in [6.45, 7) is -1.62. The molecule has 20 atom stereocenters. The molecule has 3 heterocycles. The van der Waals surface area contributed by atoms with Gasteiger partial charge in [-0.05, 0) is 19.3 Å². The molecule has 25 nitrogen and oxygen atoms in total. The molecule has 5 fully saturated rings. The summed E-state index contributed by atoms with van der Waals surface area (Å²) in [5.41, 5.74) is 0. The summed E-state index contributed by atoms with van der Waals surface area (Å²) in [5.74, 6) is -7.22. The summed E-state index contributed by atoms with van der Waals surface area (Å²) in [7, 11) is 0. The Morgan fingerprint density at radius 3 is 1.67 bits per heavy atom. The van der Waals surface area contributed by atoms with E-state index in [0.29, 0.717) is 0 Å². The van der Waals surface area contributed by atoms with Gasteiger partial charge in [-0.15, -0.1) is 0 Å². The van der Waals surface area contributed by atoms with Gasteiger partial charge in [0.05, 0.1) is 43.2 Å². The van der Waals surface area contributed by atoms with E-state index in [9.17, 15) is 80.5 Å². The molecular weight excluding hydrogens is 820 g/mol. The number of aliphatic carboxylic acids is 2. The number of carboxylic acids is 2. The summed E-state index contributed by atoms with van der Waals surface area (Å²) in [6.07, 6.45) is -33.9. The SMILES string of the molecule is O=C(O)C[C@@H](O)C(=O)OC[C@H]1O[C@@H](OC2CC(O)CC3[OH+]C(C4CC(O)C(O)C(O)C4)C(O[C@H]4O[C@@H](COC(=O)C[C@H](O)C(=O)O)[C@H](O)[C@@H](O)[C@@H]4O)CC23)[C@H](O)[C@@H](O)[C@@H]1O. The Hall–Kier alpha value is -2.80. The molecule has 3 saturated heterocycles. The predicted molar refractivity (Wildman–Crippen MR) is 185 cm³/mol. The molecule has 0 radical (unpaired) electrons. The third-order valence-corrected chi connectivity index (χ3v) is 11.6. The van der Waals surface area contributed by atoms with Crippen LogP contribution in [0, 0.1) is 11.8 Å². The highest BCUT2D eigenvalue weighted by molar-refractivity contribution is 5.81. The van der Waals surface area contributed by atoms with Crippen molar-refractivity contribution in [3.63, 3.8) is 0 Å². The van der Waals surface area contributed by atoms with Crippen LogP contribution in [0.3, 0.4) is 0 Å². The maximum atomic E-state index is 12.1. The molecule has 25 heteroatoms. The van der Waals surface area contributed by atoms with Crippen LogP contribution in [0.1, 0.15) is 44.9 Å². The van der Waals surface area contributed by atoms with E-state index in [-0.39, 0.29) is 32.1 Å². The van der Waals surface area contributed by atoms with Gasteiger partial charge in [-0.3, -0.25) is 9.59 Å². The van der Waals surface area contributed by atoms with Gasteiger partial charge in [-0.1, -0.05) is 0 Å². The van der Waals surface area contributed by atoms with Crippen LogP contribution in [-0.2, 0) is 47.6 Å². The van der Waals surface area contributed by atoms with Gasteiger partial charge in [0.25, 0.3) is 0 Å². The number of ether oxygens (including phenoxy) is 7. The van der Waals surface area contributed by atoms with E-state index in [1.165, 1.54) is 0 Å². The molecular formula is C35H55O25+. The lowest BCUT2D eigenvalue weighted by atomic mass is 9.72. The predicted octanol–water partition coefficient (Wildman–Crippen LogP) is -7.94. The molecule has 0 spiro atoms. The van der Waals surface area contributed by atoms with Crippen molar-refractivity contribution in [1.29, 1.82) is 0 Å². The molecule has 0 aromatic rings. The molecule has 2 saturated carbocycles. The summed E-state index contributed by atoms with van der Waals surface area (Å²) in [6, 6.07) is 0. The number of hydrogen-bond acceptors (Lipinski definition) is 22. The van der Waals surface area contributed by atoms with Gasteiger partial charge >= 0.3 is 23.9 Å². The molecule has 0 aromatic carbocycles. The monoisotopic (exact) mass is 875 g/mol. The Kier molecular flexibility index (Phi) is 16.6. The van der Waals surface area contributed by atoms with E-state index in [1.807, 2.05) is 0 Å². The first kappa shape index (κ1) is 48.2. The number of carbonyl (C=O) groups is 4. The smallest absolute Gasteiger partial charge is 0.335 e. The van der Waals surface area contributed by atoms with Crippen LogP contribution in [0.25, 0.3) is 0 Å². The highest BCUT2D eigenvalue weighted by Crippen LogP contribution is 2.44. The average Bonchev–Trinajstić information content (AvgIpc) is 3.18. The third-order valence-electron chi connectivity index (χ3n) is 11.6. The molecule has 0 bridgehead atoms. The van der Waals surface area contributed by atoms with Gasteiger partial charge in [0.1, 0.15) is 74.3 Å². The Balaban J connectivity index is 1.35. The van der Waals surface area contributed by atoms with Crippen molar-refractivity contribution < 1.29 is 124 Å². The van der Waals surface area contributed by atoms with Crippen molar-refractivity contribution in [2.75, 3.05) is 13.2 Å². The van der Waals surface area contributed by atoms with Crippen LogP contribution < -0.4 is 0 Å². The highest BCUT2D eigenvalue weighted by atomic mass is 16.7. The van der Waals surface area contributed by atoms with E-state index < -0.39 is 184 Å².